The zero-order valence-electron chi connectivity index (χ0n) is 10.6. The van der Waals surface area contributed by atoms with E-state index < -0.39 is 0 Å². The first-order chi connectivity index (χ1) is 9.17. The molecule has 0 saturated carbocycles. The van der Waals surface area contributed by atoms with E-state index >= 15 is 0 Å². The van der Waals surface area contributed by atoms with Gasteiger partial charge in [-0.3, -0.25) is 0 Å². The number of halogens is 1. The first kappa shape index (κ1) is 12.3. The van der Waals surface area contributed by atoms with Crippen molar-refractivity contribution in [2.45, 2.75) is 13.1 Å². The van der Waals surface area contributed by atoms with E-state index in [4.69, 9.17) is 11.6 Å². The molecule has 19 heavy (non-hydrogen) atoms. The summed E-state index contributed by atoms with van der Waals surface area (Å²) < 4.78 is 0. The van der Waals surface area contributed by atoms with Gasteiger partial charge in [-0.15, -0.1) is 0 Å². The Bertz CT molecular complexity index is 604. The lowest BCUT2D eigenvalue weighted by Gasteiger charge is -2.30. The molecule has 98 valence electrons. The van der Waals surface area contributed by atoms with Crippen molar-refractivity contribution >= 4 is 17.2 Å². The van der Waals surface area contributed by atoms with Gasteiger partial charge in [0.05, 0.1) is 6.61 Å². The number of hydrogen-bond acceptors (Lipinski definition) is 3. The third kappa shape index (κ3) is 2.27. The number of fused-ring (bicyclic) bond motifs is 1. The molecule has 0 aromatic heterocycles. The van der Waals surface area contributed by atoms with Gasteiger partial charge in [-0.2, -0.15) is 0 Å². The van der Waals surface area contributed by atoms with Gasteiger partial charge in [-0.1, -0.05) is 23.7 Å². The molecule has 0 radical (unpaired) electrons. The van der Waals surface area contributed by atoms with E-state index in [0.717, 1.165) is 22.4 Å². The van der Waals surface area contributed by atoms with Crippen LogP contribution in [-0.2, 0) is 0 Å². The summed E-state index contributed by atoms with van der Waals surface area (Å²) in [5.41, 5.74) is 4.17. The molecule has 4 heteroatoms. The molecule has 3 nitrogen and oxygen atoms in total. The predicted molar refractivity (Wildman–Crippen MR) is 77.1 cm³/mol. The molecule has 1 atom stereocenters. The van der Waals surface area contributed by atoms with Crippen LogP contribution >= 0.6 is 11.6 Å². The van der Waals surface area contributed by atoms with Crippen molar-refractivity contribution in [2.75, 3.05) is 6.61 Å². The fraction of sp³-hybridized carbons (Fsp3) is 0.200. The minimum Gasteiger partial charge on any atom is -0.392 e. The molecule has 2 heterocycles. The van der Waals surface area contributed by atoms with E-state index in [1.54, 1.807) is 0 Å². The van der Waals surface area contributed by atoms with Gasteiger partial charge in [0.15, 0.2) is 0 Å². The smallest absolute Gasteiger partial charge is 0.129 e. The zero-order chi connectivity index (χ0) is 13.4. The normalized spacial score (nSPS) is 21.3. The molecular formula is C15H15ClN2O. The first-order valence-corrected chi connectivity index (χ1v) is 6.56. The number of aliphatic hydroxyl groups is 1. The number of nitrogens with zero attached hydrogens (tertiary/aromatic N) is 1. The summed E-state index contributed by atoms with van der Waals surface area (Å²) in [6, 6.07) is 7.78. The molecule has 2 aliphatic heterocycles. The topological polar surface area (TPSA) is 35.5 Å². The summed E-state index contributed by atoms with van der Waals surface area (Å²) in [4.78, 5) is 2.08. The van der Waals surface area contributed by atoms with Gasteiger partial charge < -0.3 is 15.3 Å². The van der Waals surface area contributed by atoms with Crippen molar-refractivity contribution in [3.63, 3.8) is 0 Å². The summed E-state index contributed by atoms with van der Waals surface area (Å²) in [5, 5.41) is 13.5. The minimum absolute atomic E-state index is 0.0279. The fourth-order valence-electron chi connectivity index (χ4n) is 2.48. The van der Waals surface area contributed by atoms with Crippen molar-refractivity contribution in [1.82, 2.24) is 10.2 Å². The molecule has 2 N–H and O–H groups in total. The van der Waals surface area contributed by atoms with Crippen molar-refractivity contribution in [2.24, 2.45) is 0 Å². The molecular weight excluding hydrogens is 260 g/mol. The highest BCUT2D eigenvalue weighted by Gasteiger charge is 2.28. The van der Waals surface area contributed by atoms with Crippen molar-refractivity contribution in [3.8, 4) is 0 Å². The quantitative estimate of drug-likeness (QED) is 0.870. The molecule has 2 aliphatic rings. The number of hydrogen-bond donors (Lipinski definition) is 2. The van der Waals surface area contributed by atoms with E-state index in [1.165, 1.54) is 0 Å². The van der Waals surface area contributed by atoms with E-state index in [2.05, 4.69) is 10.2 Å². The van der Waals surface area contributed by atoms with Crippen molar-refractivity contribution in [3.05, 3.63) is 64.6 Å². The highest BCUT2D eigenvalue weighted by atomic mass is 35.5. The number of nitrogens with one attached hydrogen (secondary N) is 1. The Kier molecular flexibility index (Phi) is 3.09. The van der Waals surface area contributed by atoms with Gasteiger partial charge >= 0.3 is 0 Å². The maximum atomic E-state index is 9.39. The van der Waals surface area contributed by atoms with Crippen LogP contribution in [0.15, 0.2) is 54.0 Å². The standard InChI is InChI=1S/C15H15ClN2O/c1-10-7-18-8-11(9-19)5-14(15(18)17-10)12-3-2-4-13(16)6-12/h2-8,15,17,19H,9H2,1H3. The first-order valence-electron chi connectivity index (χ1n) is 6.19. The maximum Gasteiger partial charge on any atom is 0.129 e. The summed E-state index contributed by atoms with van der Waals surface area (Å²) in [6.07, 6.45) is 6.10. The Hall–Kier alpha value is -1.71. The molecule has 1 aromatic rings. The van der Waals surface area contributed by atoms with E-state index in [-0.39, 0.29) is 12.8 Å². The van der Waals surface area contributed by atoms with Gasteiger partial charge in [-0.25, -0.2) is 0 Å². The Balaban J connectivity index is 2.04. The second kappa shape index (κ2) is 4.76. The molecule has 1 unspecified atom stereocenters. The lowest BCUT2D eigenvalue weighted by atomic mass is 9.98. The molecule has 0 saturated heterocycles. The van der Waals surface area contributed by atoms with Gasteiger partial charge in [0.1, 0.15) is 6.17 Å². The van der Waals surface area contributed by atoms with Gasteiger partial charge in [0.25, 0.3) is 0 Å². The number of benzene rings is 1. The molecule has 0 spiro atoms. The van der Waals surface area contributed by atoms with Crippen LogP contribution < -0.4 is 5.32 Å². The monoisotopic (exact) mass is 274 g/mol. The van der Waals surface area contributed by atoms with Crippen molar-refractivity contribution < 1.29 is 5.11 Å². The van der Waals surface area contributed by atoms with Crippen LogP contribution in [0, 0.1) is 0 Å². The second-order valence-electron chi connectivity index (χ2n) is 4.78. The van der Waals surface area contributed by atoms with Crippen LogP contribution in [0.1, 0.15) is 12.5 Å². The van der Waals surface area contributed by atoms with E-state index in [9.17, 15) is 5.11 Å². The molecule has 1 aromatic carbocycles. The molecule has 0 bridgehead atoms. The third-order valence-electron chi connectivity index (χ3n) is 3.30. The summed E-state index contributed by atoms with van der Waals surface area (Å²) in [6.45, 7) is 2.06. The third-order valence-corrected chi connectivity index (χ3v) is 3.53. The number of aliphatic hydroxyl groups excluding tert-OH is 1. The van der Waals surface area contributed by atoms with Gasteiger partial charge in [0.2, 0.25) is 0 Å². The van der Waals surface area contributed by atoms with Gasteiger partial charge in [0, 0.05) is 28.7 Å². The Morgan fingerprint density at radius 3 is 2.95 bits per heavy atom. The summed E-state index contributed by atoms with van der Waals surface area (Å²) >= 11 is 6.07. The van der Waals surface area contributed by atoms with E-state index in [0.29, 0.717) is 5.02 Å². The Labute approximate surface area is 117 Å². The van der Waals surface area contributed by atoms with Crippen LogP contribution in [0.25, 0.3) is 5.57 Å². The second-order valence-corrected chi connectivity index (χ2v) is 5.21. The summed E-state index contributed by atoms with van der Waals surface area (Å²) in [7, 11) is 0. The number of allylic oxidation sites excluding steroid dienone is 1. The molecule has 3 rings (SSSR count). The highest BCUT2D eigenvalue weighted by molar-refractivity contribution is 6.30. The largest absolute Gasteiger partial charge is 0.392 e. The van der Waals surface area contributed by atoms with Crippen LogP contribution in [0.5, 0.6) is 0 Å². The van der Waals surface area contributed by atoms with Crippen LogP contribution in [-0.4, -0.2) is 22.8 Å². The van der Waals surface area contributed by atoms with Crippen molar-refractivity contribution in [1.29, 1.82) is 0 Å². The highest BCUT2D eigenvalue weighted by Crippen LogP contribution is 2.32. The lowest BCUT2D eigenvalue weighted by Crippen LogP contribution is -2.36. The number of rotatable bonds is 2. The zero-order valence-corrected chi connectivity index (χ0v) is 11.4. The van der Waals surface area contributed by atoms with Gasteiger partial charge in [-0.05, 0) is 36.3 Å². The average Bonchev–Trinajstić information content (AvgIpc) is 2.77. The molecule has 0 fully saturated rings. The van der Waals surface area contributed by atoms with Crippen LogP contribution in [0.4, 0.5) is 0 Å². The average molecular weight is 275 g/mol. The lowest BCUT2D eigenvalue weighted by molar-refractivity contribution is 0.327. The molecule has 0 amide bonds. The Morgan fingerprint density at radius 1 is 1.37 bits per heavy atom. The fourth-order valence-corrected chi connectivity index (χ4v) is 2.67. The molecule has 0 aliphatic carbocycles. The predicted octanol–water partition coefficient (Wildman–Crippen LogP) is 2.71. The maximum absolute atomic E-state index is 9.39. The minimum atomic E-state index is 0.0279. The van der Waals surface area contributed by atoms with Crippen LogP contribution in [0.2, 0.25) is 5.02 Å². The van der Waals surface area contributed by atoms with Crippen LogP contribution in [0.3, 0.4) is 0 Å². The van der Waals surface area contributed by atoms with E-state index in [1.807, 2.05) is 49.7 Å². The Morgan fingerprint density at radius 2 is 2.21 bits per heavy atom. The summed E-state index contributed by atoms with van der Waals surface area (Å²) in [5.74, 6) is 0. The SMILES string of the molecule is CC1=CN2C=C(CO)C=C(c3cccc(Cl)c3)C2N1.